The van der Waals surface area contributed by atoms with Crippen molar-refractivity contribution >= 4 is 11.7 Å². The second-order valence-electron chi connectivity index (χ2n) is 6.15. The molecule has 1 heterocycles. The van der Waals surface area contributed by atoms with E-state index >= 15 is 0 Å². The molecule has 0 aliphatic carbocycles. The average Bonchev–Trinajstić information content (AvgIpc) is 2.71. The van der Waals surface area contributed by atoms with Gasteiger partial charge in [-0.25, -0.2) is 18.7 Å². The van der Waals surface area contributed by atoms with Crippen LogP contribution in [-0.4, -0.2) is 29.0 Å². The van der Waals surface area contributed by atoms with Gasteiger partial charge in [0.05, 0.1) is 12.4 Å². The molecule has 1 aromatic heterocycles. The quantitative estimate of drug-likeness (QED) is 0.627. The Hall–Kier alpha value is -3.35. The van der Waals surface area contributed by atoms with Crippen molar-refractivity contribution in [2.24, 2.45) is 0 Å². The SMILES string of the molecule is O=C(NCCc1ccccc1F)c1cnc(NCCc2ccccc2F)cn1. The van der Waals surface area contributed by atoms with E-state index in [1.807, 2.05) is 0 Å². The highest BCUT2D eigenvalue weighted by Crippen LogP contribution is 2.08. The van der Waals surface area contributed by atoms with Crippen LogP contribution in [0.3, 0.4) is 0 Å². The molecule has 2 N–H and O–H groups in total. The molecular weight excluding hydrogens is 362 g/mol. The summed E-state index contributed by atoms with van der Waals surface area (Å²) >= 11 is 0. The van der Waals surface area contributed by atoms with Gasteiger partial charge in [-0.1, -0.05) is 36.4 Å². The Balaban J connectivity index is 1.45. The summed E-state index contributed by atoms with van der Waals surface area (Å²) in [6.07, 6.45) is 3.71. The van der Waals surface area contributed by atoms with Gasteiger partial charge in [0.2, 0.25) is 0 Å². The Bertz CT molecular complexity index is 932. The predicted molar refractivity (Wildman–Crippen MR) is 103 cm³/mol. The number of aromatic nitrogens is 2. The van der Waals surface area contributed by atoms with Crippen LogP contribution in [0.1, 0.15) is 21.6 Å². The van der Waals surface area contributed by atoms with E-state index < -0.39 is 0 Å². The maximum atomic E-state index is 13.6. The molecule has 0 saturated carbocycles. The number of carbonyl (C=O) groups is 1. The van der Waals surface area contributed by atoms with Crippen LogP contribution in [-0.2, 0) is 12.8 Å². The standard InChI is InChI=1S/C21H20F2N4O/c22-17-7-3-1-5-15(17)9-11-24-20-14-26-19(13-27-20)21(28)25-12-10-16-6-2-4-8-18(16)23/h1-8,13-14H,9-12H2,(H,24,27)(H,25,28). The second kappa shape index (κ2) is 9.55. The van der Waals surface area contributed by atoms with Crippen molar-refractivity contribution in [1.82, 2.24) is 15.3 Å². The van der Waals surface area contributed by atoms with E-state index in [2.05, 4.69) is 20.6 Å². The zero-order chi connectivity index (χ0) is 19.8. The van der Waals surface area contributed by atoms with E-state index in [0.29, 0.717) is 42.9 Å². The molecule has 3 aromatic rings. The summed E-state index contributed by atoms with van der Waals surface area (Å²) in [5.74, 6) is -0.402. The number of hydrogen-bond donors (Lipinski definition) is 2. The van der Waals surface area contributed by atoms with Gasteiger partial charge in [0.25, 0.3) is 5.91 Å². The number of benzene rings is 2. The molecule has 7 heteroatoms. The Morgan fingerprint density at radius 1 is 0.821 bits per heavy atom. The van der Waals surface area contributed by atoms with E-state index in [4.69, 9.17) is 0 Å². The van der Waals surface area contributed by atoms with Crippen molar-refractivity contribution in [3.8, 4) is 0 Å². The Kier molecular flexibility index (Phi) is 6.62. The first-order valence-corrected chi connectivity index (χ1v) is 8.94. The minimum Gasteiger partial charge on any atom is -0.368 e. The third-order valence-corrected chi connectivity index (χ3v) is 4.18. The van der Waals surface area contributed by atoms with Crippen molar-refractivity contribution in [3.05, 3.63) is 89.4 Å². The van der Waals surface area contributed by atoms with Gasteiger partial charge in [0, 0.05) is 13.1 Å². The summed E-state index contributed by atoms with van der Waals surface area (Å²) in [7, 11) is 0. The lowest BCUT2D eigenvalue weighted by Crippen LogP contribution is -2.27. The highest BCUT2D eigenvalue weighted by Gasteiger charge is 2.08. The summed E-state index contributed by atoms with van der Waals surface area (Å²) in [4.78, 5) is 20.3. The van der Waals surface area contributed by atoms with Gasteiger partial charge in [-0.15, -0.1) is 0 Å². The van der Waals surface area contributed by atoms with E-state index in [9.17, 15) is 13.6 Å². The molecule has 1 amide bonds. The zero-order valence-electron chi connectivity index (χ0n) is 15.2. The van der Waals surface area contributed by atoms with E-state index in [0.717, 1.165) is 0 Å². The number of carbonyl (C=O) groups excluding carboxylic acids is 1. The van der Waals surface area contributed by atoms with Crippen LogP contribution in [0.4, 0.5) is 14.6 Å². The number of nitrogens with one attached hydrogen (secondary N) is 2. The predicted octanol–water partition coefficient (Wildman–Crippen LogP) is 3.38. The van der Waals surface area contributed by atoms with E-state index in [1.54, 1.807) is 36.4 Å². The molecule has 0 aliphatic rings. The smallest absolute Gasteiger partial charge is 0.271 e. The molecule has 144 valence electrons. The molecule has 0 radical (unpaired) electrons. The first kappa shape index (κ1) is 19.4. The maximum Gasteiger partial charge on any atom is 0.271 e. The fourth-order valence-electron chi connectivity index (χ4n) is 2.67. The zero-order valence-corrected chi connectivity index (χ0v) is 15.2. The lowest BCUT2D eigenvalue weighted by molar-refractivity contribution is 0.0948. The molecule has 0 saturated heterocycles. The summed E-state index contributed by atoms with van der Waals surface area (Å²) in [6.45, 7) is 0.786. The summed E-state index contributed by atoms with van der Waals surface area (Å²) in [6, 6.07) is 13.0. The largest absolute Gasteiger partial charge is 0.368 e. The van der Waals surface area contributed by atoms with Crippen molar-refractivity contribution < 1.29 is 13.6 Å². The van der Waals surface area contributed by atoms with Gasteiger partial charge < -0.3 is 10.6 Å². The number of amides is 1. The summed E-state index contributed by atoms with van der Waals surface area (Å²) in [5.41, 5.74) is 1.34. The van der Waals surface area contributed by atoms with Crippen LogP contribution in [0.5, 0.6) is 0 Å². The molecule has 0 fully saturated rings. The molecule has 0 bridgehead atoms. The van der Waals surface area contributed by atoms with Gasteiger partial charge >= 0.3 is 0 Å². The fraction of sp³-hybridized carbons (Fsp3) is 0.190. The number of rotatable bonds is 8. The second-order valence-corrected chi connectivity index (χ2v) is 6.15. The number of anilines is 1. The van der Waals surface area contributed by atoms with E-state index in [1.165, 1.54) is 24.5 Å². The van der Waals surface area contributed by atoms with Crippen LogP contribution < -0.4 is 10.6 Å². The van der Waals surface area contributed by atoms with Gasteiger partial charge in [-0.2, -0.15) is 0 Å². The molecule has 5 nitrogen and oxygen atoms in total. The molecule has 0 unspecified atom stereocenters. The Morgan fingerprint density at radius 2 is 1.43 bits per heavy atom. The summed E-state index contributed by atoms with van der Waals surface area (Å²) in [5, 5.41) is 5.74. The van der Waals surface area contributed by atoms with E-state index in [-0.39, 0.29) is 23.2 Å². The first-order valence-electron chi connectivity index (χ1n) is 8.94. The third-order valence-electron chi connectivity index (χ3n) is 4.18. The Labute approximate surface area is 161 Å². The molecular formula is C21H20F2N4O. The number of halogens is 2. The third kappa shape index (κ3) is 5.33. The van der Waals surface area contributed by atoms with Gasteiger partial charge in [-0.05, 0) is 36.1 Å². The lowest BCUT2D eigenvalue weighted by Gasteiger charge is -2.08. The molecule has 0 aliphatic heterocycles. The lowest BCUT2D eigenvalue weighted by atomic mass is 10.1. The van der Waals surface area contributed by atoms with Crippen LogP contribution >= 0.6 is 0 Å². The van der Waals surface area contributed by atoms with Crippen LogP contribution in [0.25, 0.3) is 0 Å². The minimum absolute atomic E-state index is 0.174. The molecule has 0 spiro atoms. The number of hydrogen-bond acceptors (Lipinski definition) is 4. The van der Waals surface area contributed by atoms with Crippen LogP contribution in [0.15, 0.2) is 60.9 Å². The van der Waals surface area contributed by atoms with Crippen molar-refractivity contribution in [3.63, 3.8) is 0 Å². The summed E-state index contributed by atoms with van der Waals surface area (Å²) < 4.78 is 27.1. The highest BCUT2D eigenvalue weighted by molar-refractivity contribution is 5.91. The fourth-order valence-corrected chi connectivity index (χ4v) is 2.67. The number of nitrogens with zero attached hydrogens (tertiary/aromatic N) is 2. The van der Waals surface area contributed by atoms with Gasteiger partial charge in [-0.3, -0.25) is 4.79 Å². The Morgan fingerprint density at radius 3 is 2.00 bits per heavy atom. The average molecular weight is 382 g/mol. The normalized spacial score (nSPS) is 10.5. The van der Waals surface area contributed by atoms with Crippen LogP contribution in [0, 0.1) is 11.6 Å². The monoisotopic (exact) mass is 382 g/mol. The van der Waals surface area contributed by atoms with Crippen molar-refractivity contribution in [1.29, 1.82) is 0 Å². The van der Waals surface area contributed by atoms with Crippen LogP contribution in [0.2, 0.25) is 0 Å². The topological polar surface area (TPSA) is 66.9 Å². The molecule has 0 atom stereocenters. The van der Waals surface area contributed by atoms with Gasteiger partial charge in [0.15, 0.2) is 0 Å². The molecule has 3 rings (SSSR count). The van der Waals surface area contributed by atoms with Gasteiger partial charge in [0.1, 0.15) is 23.1 Å². The maximum absolute atomic E-state index is 13.6. The minimum atomic E-state index is -0.373. The highest BCUT2D eigenvalue weighted by atomic mass is 19.1. The molecule has 2 aromatic carbocycles. The molecule has 28 heavy (non-hydrogen) atoms. The van der Waals surface area contributed by atoms with Crippen molar-refractivity contribution in [2.75, 3.05) is 18.4 Å². The van der Waals surface area contributed by atoms with Crippen molar-refractivity contribution in [2.45, 2.75) is 12.8 Å². The first-order chi connectivity index (χ1) is 13.6.